The van der Waals surface area contributed by atoms with Crippen LogP contribution in [0.15, 0.2) is 112 Å². The summed E-state index contributed by atoms with van der Waals surface area (Å²) in [6.45, 7) is 12.5. The average molecular weight is 1170 g/mol. The number of pyridine rings is 2. The van der Waals surface area contributed by atoms with Crippen LogP contribution in [0.2, 0.25) is 0 Å². The molecule has 2 saturated carbocycles. The molecular formula is C61H70N18O7. The highest BCUT2D eigenvalue weighted by Gasteiger charge is 2.38. The van der Waals surface area contributed by atoms with Crippen molar-refractivity contribution < 1.29 is 32.9 Å². The third-order valence-electron chi connectivity index (χ3n) is 15.8. The van der Waals surface area contributed by atoms with E-state index < -0.39 is 11.1 Å². The van der Waals surface area contributed by atoms with Gasteiger partial charge in [-0.25, -0.2) is 29.9 Å². The zero-order chi connectivity index (χ0) is 60.9. The van der Waals surface area contributed by atoms with Crippen LogP contribution in [-0.4, -0.2) is 99.8 Å². The summed E-state index contributed by atoms with van der Waals surface area (Å²) in [6.07, 6.45) is 13.6. The van der Waals surface area contributed by atoms with Gasteiger partial charge in [-0.05, 0) is 106 Å². The van der Waals surface area contributed by atoms with Crippen molar-refractivity contribution in [2.45, 2.75) is 115 Å². The molecule has 86 heavy (non-hydrogen) atoms. The Kier molecular flexibility index (Phi) is 17.5. The molecule has 2 aliphatic carbocycles. The van der Waals surface area contributed by atoms with Gasteiger partial charge in [0.25, 0.3) is 0 Å². The van der Waals surface area contributed by atoms with Gasteiger partial charge in [-0.3, -0.25) is 9.97 Å². The fraction of sp³-hybridized carbons (Fsp3) is 0.377. The number of hydrogen-bond acceptors (Lipinski definition) is 21. The Morgan fingerprint density at radius 2 is 1.06 bits per heavy atom. The maximum atomic E-state index is 8.86. The normalized spacial score (nSPS) is 16.3. The van der Waals surface area contributed by atoms with Crippen LogP contribution >= 0.6 is 0 Å². The second-order valence-corrected chi connectivity index (χ2v) is 22.1. The van der Waals surface area contributed by atoms with Gasteiger partial charge in [-0.15, -0.1) is 10.2 Å². The minimum atomic E-state index is -0.650. The predicted molar refractivity (Wildman–Crippen MR) is 321 cm³/mol. The molecule has 8 heterocycles. The number of hydrogen-bond donors (Lipinski definition) is 4. The van der Waals surface area contributed by atoms with Crippen molar-refractivity contribution in [2.24, 2.45) is 10.8 Å². The number of rotatable bonds is 19. The van der Waals surface area contributed by atoms with Crippen LogP contribution in [-0.2, 0) is 24.2 Å². The SMILES string of the molecule is CO.COc1ccc(CNc2nc(-c3ncco3)c(C)c3nc(C4CC(c5ccc(C(C)(C)N)cn5)C4)nn23)c(OC)c1.COc1ccc(CNc2nc(-c3ncco3)c(C)c3nc(C4CC(c5ccc(C(C)(C)N=[N+]=[N-])cn5)C4)nn23)c(OC)c1. The van der Waals surface area contributed by atoms with Gasteiger partial charge in [-0.2, -0.15) is 9.03 Å². The number of nitrogens with one attached hydrogen (secondary N) is 2. The smallest absolute Gasteiger partial charge is 0.245 e. The molecule has 25 heteroatoms. The Hall–Kier alpha value is -9.71. The van der Waals surface area contributed by atoms with Gasteiger partial charge in [-0.1, -0.05) is 31.1 Å². The summed E-state index contributed by atoms with van der Waals surface area (Å²) in [5.74, 6) is 7.38. The molecule has 0 spiro atoms. The number of aliphatic hydroxyl groups excluding tert-OH is 1. The summed E-state index contributed by atoms with van der Waals surface area (Å²) in [5, 5.41) is 27.5. The van der Waals surface area contributed by atoms with Gasteiger partial charge in [0.05, 0.1) is 46.4 Å². The molecule has 12 rings (SSSR count). The first kappa shape index (κ1) is 59.4. The number of methoxy groups -OCH3 is 4. The van der Waals surface area contributed by atoms with Crippen LogP contribution in [0.3, 0.4) is 0 Å². The third-order valence-corrected chi connectivity index (χ3v) is 15.8. The molecule has 0 unspecified atom stereocenters. The summed E-state index contributed by atoms with van der Waals surface area (Å²) in [7, 11) is 7.52. The maximum absolute atomic E-state index is 8.86. The highest BCUT2D eigenvalue weighted by atomic mass is 16.5. The van der Waals surface area contributed by atoms with Crippen molar-refractivity contribution in [2.75, 3.05) is 46.2 Å². The lowest BCUT2D eigenvalue weighted by molar-refractivity contribution is 0.332. The van der Waals surface area contributed by atoms with Crippen molar-refractivity contribution in [3.8, 4) is 46.2 Å². The standard InChI is InChI=1S/C30H32N10O3.C30H34N8O3.CH4O/c1-17-25(28-32-10-11-43-28)35-29(34-15-18-6-8-22(41-4)14-24(18)42-5)40-27(17)36-26(37-40)20-12-19(13-20)23-9-7-21(16-33-23)30(2,3)38-39-31;1-17-25(28-32-10-11-41-28)35-29(34-15-18-6-8-22(39-4)14-24(18)40-5)38-27(17)36-26(37-38)20-12-19(13-20)23-9-7-21(16-33-23)30(2,3)31;1-2/h6-11,14,16,19-20H,12-13,15H2,1-5H3,(H,34,35);6-11,14,16,19-20H,12-13,15,31H2,1-5H3,(H,34,35);2H,1H3. The molecule has 2 aliphatic rings. The monoisotopic (exact) mass is 1170 g/mol. The van der Waals surface area contributed by atoms with Gasteiger partial charge in [0.2, 0.25) is 23.7 Å². The van der Waals surface area contributed by atoms with Crippen molar-refractivity contribution in [1.29, 1.82) is 0 Å². The number of ether oxygens (including phenoxy) is 4. The van der Waals surface area contributed by atoms with Crippen molar-refractivity contribution in [3.05, 3.63) is 165 Å². The molecular weight excluding hydrogens is 1100 g/mol. The first-order valence-electron chi connectivity index (χ1n) is 28.0. The van der Waals surface area contributed by atoms with Crippen molar-refractivity contribution in [1.82, 2.24) is 59.1 Å². The van der Waals surface area contributed by atoms with Gasteiger partial charge < -0.3 is 49.3 Å². The van der Waals surface area contributed by atoms with Gasteiger partial charge in [0.1, 0.15) is 46.9 Å². The number of nitrogens with two attached hydrogens (primary N) is 1. The minimum absolute atomic E-state index is 0.185. The van der Waals surface area contributed by atoms with Crippen molar-refractivity contribution >= 4 is 23.2 Å². The minimum Gasteiger partial charge on any atom is -0.497 e. The van der Waals surface area contributed by atoms with E-state index in [1.807, 2.05) is 96.3 Å². The molecule has 0 aliphatic heterocycles. The quantitative estimate of drug-likeness (QED) is 0.0332. The van der Waals surface area contributed by atoms with Crippen LogP contribution in [0.1, 0.15) is 133 Å². The molecule has 8 aromatic heterocycles. The van der Waals surface area contributed by atoms with E-state index in [2.05, 4.69) is 47.7 Å². The van der Waals surface area contributed by atoms with Crippen LogP contribution in [0.4, 0.5) is 11.9 Å². The first-order valence-corrected chi connectivity index (χ1v) is 28.0. The van der Waals surface area contributed by atoms with E-state index in [9.17, 15) is 0 Å². The average Bonchev–Trinajstić information content (AvgIpc) is 2.21. The number of aryl methyl sites for hydroxylation is 2. The summed E-state index contributed by atoms with van der Waals surface area (Å²) in [6, 6.07) is 19.6. The van der Waals surface area contributed by atoms with Crippen LogP contribution in [0, 0.1) is 13.8 Å². The van der Waals surface area contributed by atoms with E-state index in [1.54, 1.807) is 56.1 Å². The highest BCUT2D eigenvalue weighted by Crippen LogP contribution is 2.48. The molecule has 0 radical (unpaired) electrons. The Balaban J connectivity index is 0.000000186. The van der Waals surface area contributed by atoms with E-state index in [1.165, 1.54) is 12.5 Å². The summed E-state index contributed by atoms with van der Waals surface area (Å²) < 4.78 is 36.6. The number of benzene rings is 2. The lowest BCUT2D eigenvalue weighted by Crippen LogP contribution is -2.29. The molecule has 5 N–H and O–H groups in total. The number of oxazole rings is 2. The third kappa shape index (κ3) is 12.3. The number of anilines is 2. The lowest BCUT2D eigenvalue weighted by atomic mass is 9.72. The molecule has 2 fully saturated rings. The largest absolute Gasteiger partial charge is 0.497 e. The predicted octanol–water partition coefficient (Wildman–Crippen LogP) is 10.9. The Labute approximate surface area is 496 Å². The molecule has 25 nitrogen and oxygen atoms in total. The van der Waals surface area contributed by atoms with Crippen molar-refractivity contribution in [3.63, 3.8) is 0 Å². The first-order chi connectivity index (χ1) is 41.6. The molecule has 0 saturated heterocycles. The molecule has 446 valence electrons. The van der Waals surface area contributed by atoms with E-state index in [0.717, 1.165) is 95.0 Å². The summed E-state index contributed by atoms with van der Waals surface area (Å²) in [5.41, 5.74) is 24.2. The number of azide groups is 1. The van der Waals surface area contributed by atoms with Crippen LogP contribution in [0.5, 0.6) is 23.0 Å². The number of aromatic nitrogens is 12. The van der Waals surface area contributed by atoms with E-state index in [-0.39, 0.29) is 11.8 Å². The van der Waals surface area contributed by atoms with Gasteiger partial charge in [0.15, 0.2) is 22.9 Å². The zero-order valence-electron chi connectivity index (χ0n) is 50.0. The Morgan fingerprint density at radius 3 is 1.42 bits per heavy atom. The molecule has 0 atom stereocenters. The zero-order valence-corrected chi connectivity index (χ0v) is 50.0. The Morgan fingerprint density at radius 1 is 0.616 bits per heavy atom. The van der Waals surface area contributed by atoms with Crippen LogP contribution < -0.4 is 35.3 Å². The number of nitrogens with zero attached hydrogens (tertiary/aromatic N) is 15. The van der Waals surface area contributed by atoms with Crippen LogP contribution in [0.25, 0.3) is 44.9 Å². The molecule has 2 aromatic carbocycles. The lowest BCUT2D eigenvalue weighted by Gasteiger charge is -2.33. The molecule has 0 amide bonds. The fourth-order valence-corrected chi connectivity index (χ4v) is 10.5. The van der Waals surface area contributed by atoms with E-state index in [4.69, 9.17) is 79.3 Å². The Bertz CT molecular complexity index is 3990. The highest BCUT2D eigenvalue weighted by molar-refractivity contribution is 5.68. The second kappa shape index (κ2) is 25.2. The summed E-state index contributed by atoms with van der Waals surface area (Å²) >= 11 is 0. The van der Waals surface area contributed by atoms with Gasteiger partial charge >= 0.3 is 0 Å². The number of fused-ring (bicyclic) bond motifs is 2. The number of aliphatic hydroxyl groups is 1. The second-order valence-electron chi connectivity index (χ2n) is 22.1. The molecule has 10 aromatic rings. The van der Waals surface area contributed by atoms with Gasteiger partial charge in [0, 0.05) is 112 Å². The maximum Gasteiger partial charge on any atom is 0.245 e. The summed E-state index contributed by atoms with van der Waals surface area (Å²) in [4.78, 5) is 40.7. The van der Waals surface area contributed by atoms with E-state index >= 15 is 0 Å². The fourth-order valence-electron chi connectivity index (χ4n) is 10.5. The molecule has 0 bridgehead atoms. The van der Waals surface area contributed by atoms with E-state index in [0.29, 0.717) is 88.5 Å². The topological polar surface area (TPSA) is 320 Å².